The number of nitrogens with zero attached hydrogens (tertiary/aromatic N) is 2. The molecule has 4 heteroatoms. The minimum Gasteiger partial charge on any atom is -0.273 e. The van der Waals surface area contributed by atoms with Gasteiger partial charge in [0.05, 0.1) is 12.5 Å². The Labute approximate surface area is 41.1 Å². The van der Waals surface area contributed by atoms with Crippen LogP contribution in [0.3, 0.4) is 0 Å². The number of nitrogens with one attached hydrogen (secondary N) is 1. The molecule has 0 rings (SSSR count). The molecule has 1 N–H and O–H groups in total. The van der Waals surface area contributed by atoms with Gasteiger partial charge in [-0.2, -0.15) is 5.26 Å². The summed E-state index contributed by atoms with van der Waals surface area (Å²) in [5.41, 5.74) is 2.10. The van der Waals surface area contributed by atoms with E-state index in [9.17, 15) is 4.91 Å². The van der Waals surface area contributed by atoms with Gasteiger partial charge in [-0.3, -0.25) is 5.43 Å². The van der Waals surface area contributed by atoms with Crippen LogP contribution >= 0.6 is 0 Å². The van der Waals surface area contributed by atoms with Crippen molar-refractivity contribution in [2.45, 2.75) is 6.42 Å². The van der Waals surface area contributed by atoms with Gasteiger partial charge in [0.25, 0.3) is 0 Å². The monoisotopic (exact) mass is 99.0 g/mol. The summed E-state index contributed by atoms with van der Waals surface area (Å²) in [7, 11) is 0. The molecule has 0 radical (unpaired) electrons. The fraction of sp³-hybridized carbons (Fsp3) is 0.667. The number of hydrogen-bond donors (Lipinski definition) is 1. The van der Waals surface area contributed by atoms with Crippen molar-refractivity contribution in [2.75, 3.05) is 6.54 Å². The maximum atomic E-state index is 9.21. The van der Waals surface area contributed by atoms with E-state index in [1.807, 2.05) is 6.07 Å². The van der Waals surface area contributed by atoms with Gasteiger partial charge >= 0.3 is 0 Å². The molecule has 0 aliphatic heterocycles. The molecule has 0 spiro atoms. The Morgan fingerprint density at radius 2 is 2.57 bits per heavy atom. The van der Waals surface area contributed by atoms with Gasteiger partial charge in [-0.1, -0.05) is 0 Å². The lowest BCUT2D eigenvalue weighted by molar-refractivity contribution is 0.740. The van der Waals surface area contributed by atoms with Crippen molar-refractivity contribution in [3.63, 3.8) is 0 Å². The zero-order valence-corrected chi connectivity index (χ0v) is 3.72. The first-order valence-electron chi connectivity index (χ1n) is 1.84. The Morgan fingerprint density at radius 1 is 1.86 bits per heavy atom. The summed E-state index contributed by atoms with van der Waals surface area (Å²) in [6, 6.07) is 1.84. The van der Waals surface area contributed by atoms with E-state index in [4.69, 9.17) is 5.26 Å². The van der Waals surface area contributed by atoms with E-state index in [-0.39, 0.29) is 0 Å². The summed E-state index contributed by atoms with van der Waals surface area (Å²) in [6.07, 6.45) is 0.325. The van der Waals surface area contributed by atoms with Crippen molar-refractivity contribution >= 4 is 0 Å². The number of nitroso groups, excluding NO2 is 1. The highest BCUT2D eigenvalue weighted by atomic mass is 16.3. The SMILES string of the molecule is N#CCCNN=O. The van der Waals surface area contributed by atoms with Crippen LogP contribution in [0.25, 0.3) is 0 Å². The van der Waals surface area contributed by atoms with Crippen LogP contribution in [0.5, 0.6) is 0 Å². The minimum atomic E-state index is 0.325. The average molecular weight is 99.1 g/mol. The Morgan fingerprint density at radius 3 is 3.00 bits per heavy atom. The Bertz CT molecular complexity index is 84.7. The summed E-state index contributed by atoms with van der Waals surface area (Å²) in [5.74, 6) is 0. The average Bonchev–Trinajstić information content (AvgIpc) is 1.69. The van der Waals surface area contributed by atoms with Crippen molar-refractivity contribution in [1.29, 1.82) is 5.26 Å². The lowest BCUT2D eigenvalue weighted by atomic mass is 10.5. The Hall–Kier alpha value is -1.11. The highest BCUT2D eigenvalue weighted by Gasteiger charge is 1.76. The van der Waals surface area contributed by atoms with Crippen molar-refractivity contribution in [3.05, 3.63) is 4.91 Å². The van der Waals surface area contributed by atoms with E-state index in [2.05, 4.69) is 10.7 Å². The fourth-order valence-corrected chi connectivity index (χ4v) is 0.157. The number of rotatable bonds is 3. The van der Waals surface area contributed by atoms with Crippen LogP contribution in [0.15, 0.2) is 5.29 Å². The molecular weight excluding hydrogens is 94.1 g/mol. The molecule has 0 amide bonds. The first kappa shape index (κ1) is 5.89. The quantitative estimate of drug-likeness (QED) is 0.311. The summed E-state index contributed by atoms with van der Waals surface area (Å²) >= 11 is 0. The molecule has 4 nitrogen and oxygen atoms in total. The molecule has 0 aromatic carbocycles. The zero-order valence-electron chi connectivity index (χ0n) is 3.72. The van der Waals surface area contributed by atoms with Crippen LogP contribution in [-0.2, 0) is 0 Å². The van der Waals surface area contributed by atoms with Crippen LogP contribution < -0.4 is 5.43 Å². The van der Waals surface area contributed by atoms with E-state index >= 15 is 0 Å². The normalized spacial score (nSPS) is 6.71. The Kier molecular flexibility index (Phi) is 4.11. The second kappa shape index (κ2) is 4.89. The maximum absolute atomic E-state index is 9.21. The van der Waals surface area contributed by atoms with E-state index in [1.165, 1.54) is 0 Å². The van der Waals surface area contributed by atoms with Gasteiger partial charge < -0.3 is 0 Å². The first-order valence-corrected chi connectivity index (χ1v) is 1.84. The molecule has 0 heterocycles. The highest BCUT2D eigenvalue weighted by molar-refractivity contribution is 4.68. The van der Waals surface area contributed by atoms with Crippen molar-refractivity contribution < 1.29 is 0 Å². The van der Waals surface area contributed by atoms with Crippen LogP contribution in [0, 0.1) is 16.2 Å². The molecular formula is C3H5N3O. The molecule has 38 valence electrons. The molecule has 0 atom stereocenters. The molecule has 7 heavy (non-hydrogen) atoms. The maximum Gasteiger partial charge on any atom is 0.0640 e. The fourth-order valence-electron chi connectivity index (χ4n) is 0.157. The van der Waals surface area contributed by atoms with Crippen molar-refractivity contribution in [1.82, 2.24) is 5.43 Å². The van der Waals surface area contributed by atoms with Gasteiger partial charge in [-0.15, -0.1) is 4.91 Å². The molecule has 0 saturated heterocycles. The standard InChI is InChI=1S/C3H5N3O/c4-2-1-3-5-6-7/h1,3H2,(H,5,7). The summed E-state index contributed by atoms with van der Waals surface area (Å²) < 4.78 is 0. The lowest BCUT2D eigenvalue weighted by Gasteiger charge is -1.82. The molecule has 0 aromatic rings. The summed E-state index contributed by atoms with van der Waals surface area (Å²) in [4.78, 5) is 9.21. The largest absolute Gasteiger partial charge is 0.273 e. The Balaban J connectivity index is 2.72. The first-order chi connectivity index (χ1) is 3.41. The van der Waals surface area contributed by atoms with Crippen LogP contribution in [0.4, 0.5) is 0 Å². The predicted molar refractivity (Wildman–Crippen MR) is 24.0 cm³/mol. The van der Waals surface area contributed by atoms with Gasteiger partial charge in [-0.05, 0) is 0 Å². The highest BCUT2D eigenvalue weighted by Crippen LogP contribution is 1.66. The predicted octanol–water partition coefficient (Wildman–Crippen LogP) is 0.171. The van der Waals surface area contributed by atoms with Gasteiger partial charge in [0.1, 0.15) is 0 Å². The number of hydrogen-bond acceptors (Lipinski definition) is 3. The summed E-state index contributed by atoms with van der Waals surface area (Å²) in [6.45, 7) is 0.347. The second-order valence-electron chi connectivity index (χ2n) is 0.908. The zero-order chi connectivity index (χ0) is 5.54. The smallest absolute Gasteiger partial charge is 0.0640 e. The molecule has 0 bridgehead atoms. The van der Waals surface area contributed by atoms with Crippen molar-refractivity contribution in [3.8, 4) is 6.07 Å². The van der Waals surface area contributed by atoms with Gasteiger partial charge in [-0.25, -0.2) is 0 Å². The van der Waals surface area contributed by atoms with Gasteiger partial charge in [0.2, 0.25) is 0 Å². The molecule has 0 fully saturated rings. The third-order valence-corrected chi connectivity index (χ3v) is 0.413. The third kappa shape index (κ3) is 4.89. The third-order valence-electron chi connectivity index (χ3n) is 0.413. The molecule has 0 aliphatic rings. The van der Waals surface area contributed by atoms with Gasteiger partial charge in [0, 0.05) is 11.8 Å². The van der Waals surface area contributed by atoms with E-state index in [0.717, 1.165) is 0 Å². The van der Waals surface area contributed by atoms with Crippen LogP contribution in [0.2, 0.25) is 0 Å². The van der Waals surface area contributed by atoms with E-state index in [0.29, 0.717) is 13.0 Å². The molecule has 0 unspecified atom stereocenters. The van der Waals surface area contributed by atoms with Crippen LogP contribution in [-0.4, -0.2) is 6.54 Å². The van der Waals surface area contributed by atoms with E-state index < -0.39 is 0 Å². The van der Waals surface area contributed by atoms with Crippen molar-refractivity contribution in [2.24, 2.45) is 5.29 Å². The molecule has 0 saturated carbocycles. The second-order valence-corrected chi connectivity index (χ2v) is 0.908. The van der Waals surface area contributed by atoms with Crippen LogP contribution in [0.1, 0.15) is 6.42 Å². The topological polar surface area (TPSA) is 65.2 Å². The molecule has 0 aliphatic carbocycles. The van der Waals surface area contributed by atoms with Gasteiger partial charge in [0.15, 0.2) is 0 Å². The minimum absolute atomic E-state index is 0.325. The molecule has 0 aromatic heterocycles. The lowest BCUT2D eigenvalue weighted by Crippen LogP contribution is -2.03. The van der Waals surface area contributed by atoms with E-state index in [1.54, 1.807) is 0 Å². The summed E-state index contributed by atoms with van der Waals surface area (Å²) in [5, 5.41) is 10.2. The number of nitriles is 1.